The Morgan fingerprint density at radius 1 is 1.14 bits per heavy atom. The largest absolute Gasteiger partial charge is 0.462 e. The van der Waals surface area contributed by atoms with E-state index in [2.05, 4.69) is 6.07 Å². The van der Waals surface area contributed by atoms with Crippen molar-refractivity contribution in [3.63, 3.8) is 0 Å². The Balaban J connectivity index is 1.96. The average Bonchev–Trinajstić information content (AvgIpc) is 3.19. The maximum absolute atomic E-state index is 13.2. The molecule has 0 radical (unpaired) electrons. The van der Waals surface area contributed by atoms with Gasteiger partial charge in [-0.2, -0.15) is 0 Å². The Morgan fingerprint density at radius 3 is 2.52 bits per heavy atom. The molecule has 1 saturated heterocycles. The Hall–Kier alpha value is -3.22. The molecule has 1 amide bonds. The third-order valence-corrected chi connectivity index (χ3v) is 5.32. The second-order valence-electron chi connectivity index (χ2n) is 7.25. The van der Waals surface area contributed by atoms with E-state index in [-0.39, 0.29) is 35.4 Å². The van der Waals surface area contributed by atoms with Crippen LogP contribution in [-0.2, 0) is 4.74 Å². The number of non-ortho nitro benzene ring substituents is 1. The minimum atomic E-state index is -0.683. The summed E-state index contributed by atoms with van der Waals surface area (Å²) in [5, 5.41) is 11.3. The summed E-state index contributed by atoms with van der Waals surface area (Å²) in [6.45, 7) is 6.43. The topological polar surface area (TPSA) is 89.8 Å². The lowest BCUT2D eigenvalue weighted by molar-refractivity contribution is -0.384. The van der Waals surface area contributed by atoms with Crippen molar-refractivity contribution >= 4 is 17.6 Å². The Morgan fingerprint density at radius 2 is 1.86 bits per heavy atom. The first kappa shape index (κ1) is 20.5. The van der Waals surface area contributed by atoms with E-state index in [0.29, 0.717) is 6.54 Å². The summed E-state index contributed by atoms with van der Waals surface area (Å²) in [6, 6.07) is 9.80. The molecule has 0 spiro atoms. The number of nitrogens with zero attached hydrogens (tertiary/aromatic N) is 2. The predicted molar refractivity (Wildman–Crippen MR) is 108 cm³/mol. The van der Waals surface area contributed by atoms with Gasteiger partial charge in [0.15, 0.2) is 0 Å². The van der Waals surface area contributed by atoms with E-state index in [1.54, 1.807) is 11.8 Å². The smallest absolute Gasteiger partial charge is 0.338 e. The quantitative estimate of drug-likeness (QED) is 0.425. The molecule has 0 bridgehead atoms. The number of hydrogen-bond acceptors (Lipinski definition) is 5. The fourth-order valence-corrected chi connectivity index (χ4v) is 3.67. The molecular weight excluding hydrogens is 372 g/mol. The standard InChI is InChI=1S/C22H24N2O5/c1-4-29-22(26)18-11-17(12-19(13-18)24(27)28)21(25)23-9-5-6-20(23)16-8-7-14(2)15(3)10-16/h7-8,10-13,20H,4-6,9H2,1-3H3. The molecule has 1 aliphatic heterocycles. The summed E-state index contributed by atoms with van der Waals surface area (Å²) in [5.41, 5.74) is 3.21. The number of esters is 1. The third-order valence-electron chi connectivity index (χ3n) is 5.32. The summed E-state index contributed by atoms with van der Waals surface area (Å²) in [5.74, 6) is -1.00. The maximum Gasteiger partial charge on any atom is 0.338 e. The Labute approximate surface area is 169 Å². The monoisotopic (exact) mass is 396 g/mol. The predicted octanol–water partition coefficient (Wildman–Crippen LogP) is 4.37. The molecule has 1 unspecified atom stereocenters. The highest BCUT2D eigenvalue weighted by molar-refractivity contribution is 5.99. The zero-order valence-corrected chi connectivity index (χ0v) is 16.8. The molecule has 1 atom stereocenters. The number of nitro groups is 1. The van der Waals surface area contributed by atoms with Crippen LogP contribution in [0.3, 0.4) is 0 Å². The molecule has 1 aliphatic rings. The van der Waals surface area contributed by atoms with Crippen LogP contribution < -0.4 is 0 Å². The van der Waals surface area contributed by atoms with Gasteiger partial charge in [-0.25, -0.2) is 4.79 Å². The van der Waals surface area contributed by atoms with E-state index in [4.69, 9.17) is 4.74 Å². The molecule has 7 heteroatoms. The highest BCUT2D eigenvalue weighted by atomic mass is 16.6. The average molecular weight is 396 g/mol. The molecule has 29 heavy (non-hydrogen) atoms. The van der Waals surface area contributed by atoms with Crippen LogP contribution in [0.4, 0.5) is 5.69 Å². The number of ether oxygens (including phenoxy) is 1. The molecule has 7 nitrogen and oxygen atoms in total. The van der Waals surface area contributed by atoms with E-state index < -0.39 is 10.9 Å². The number of aryl methyl sites for hydroxylation is 2. The van der Waals surface area contributed by atoms with Crippen LogP contribution in [-0.4, -0.2) is 34.9 Å². The van der Waals surface area contributed by atoms with Crippen molar-refractivity contribution in [2.75, 3.05) is 13.2 Å². The maximum atomic E-state index is 13.2. The molecule has 0 aromatic heterocycles. The molecule has 1 heterocycles. The van der Waals surface area contributed by atoms with Crippen LogP contribution in [0.5, 0.6) is 0 Å². The minimum Gasteiger partial charge on any atom is -0.462 e. The molecule has 0 saturated carbocycles. The van der Waals surface area contributed by atoms with Crippen molar-refractivity contribution in [3.05, 3.63) is 74.3 Å². The summed E-state index contributed by atoms with van der Waals surface area (Å²) >= 11 is 0. The number of amides is 1. The Kier molecular flexibility index (Phi) is 5.96. The summed E-state index contributed by atoms with van der Waals surface area (Å²) in [6.07, 6.45) is 1.68. The van der Waals surface area contributed by atoms with Gasteiger partial charge in [-0.15, -0.1) is 0 Å². The Bertz CT molecular complexity index is 970. The van der Waals surface area contributed by atoms with Gasteiger partial charge < -0.3 is 9.64 Å². The van der Waals surface area contributed by atoms with Gasteiger partial charge in [-0.05, 0) is 56.4 Å². The van der Waals surface area contributed by atoms with Gasteiger partial charge in [0.1, 0.15) is 0 Å². The fraction of sp³-hybridized carbons (Fsp3) is 0.364. The van der Waals surface area contributed by atoms with Gasteiger partial charge >= 0.3 is 5.97 Å². The van der Waals surface area contributed by atoms with Crippen LogP contribution in [0.15, 0.2) is 36.4 Å². The van der Waals surface area contributed by atoms with E-state index >= 15 is 0 Å². The lowest BCUT2D eigenvalue weighted by atomic mass is 9.99. The number of likely N-dealkylation sites (tertiary alicyclic amines) is 1. The highest BCUT2D eigenvalue weighted by Gasteiger charge is 2.32. The third kappa shape index (κ3) is 4.29. The number of hydrogen-bond donors (Lipinski definition) is 0. The van der Waals surface area contributed by atoms with Gasteiger partial charge in [0.25, 0.3) is 11.6 Å². The van der Waals surface area contributed by atoms with Crippen molar-refractivity contribution in [1.29, 1.82) is 0 Å². The SMILES string of the molecule is CCOC(=O)c1cc(C(=O)N2CCCC2c2ccc(C)c(C)c2)cc([N+](=O)[O-])c1. The second-order valence-corrected chi connectivity index (χ2v) is 7.25. The first-order chi connectivity index (χ1) is 13.8. The minimum absolute atomic E-state index is 0.00586. The zero-order valence-electron chi connectivity index (χ0n) is 16.8. The van der Waals surface area contributed by atoms with Gasteiger partial charge in [-0.3, -0.25) is 14.9 Å². The highest BCUT2D eigenvalue weighted by Crippen LogP contribution is 2.34. The summed E-state index contributed by atoms with van der Waals surface area (Å²) in [7, 11) is 0. The number of carbonyl (C=O) groups excluding carboxylic acids is 2. The molecule has 152 valence electrons. The second kappa shape index (κ2) is 8.43. The molecule has 0 N–H and O–H groups in total. The van der Waals surface area contributed by atoms with Gasteiger partial charge in [-0.1, -0.05) is 18.2 Å². The van der Waals surface area contributed by atoms with Crippen molar-refractivity contribution in [3.8, 4) is 0 Å². The summed E-state index contributed by atoms with van der Waals surface area (Å²) < 4.78 is 4.95. The van der Waals surface area contributed by atoms with Crippen molar-refractivity contribution in [2.45, 2.75) is 39.7 Å². The van der Waals surface area contributed by atoms with E-state index in [1.165, 1.54) is 17.7 Å². The van der Waals surface area contributed by atoms with E-state index in [9.17, 15) is 19.7 Å². The summed E-state index contributed by atoms with van der Waals surface area (Å²) in [4.78, 5) is 37.8. The van der Waals surface area contributed by atoms with Crippen molar-refractivity contribution in [1.82, 2.24) is 4.90 Å². The normalized spacial score (nSPS) is 16.0. The van der Waals surface area contributed by atoms with Crippen LogP contribution in [0, 0.1) is 24.0 Å². The molecule has 3 rings (SSSR count). The van der Waals surface area contributed by atoms with Crippen LogP contribution in [0.25, 0.3) is 0 Å². The molecule has 0 aliphatic carbocycles. The van der Waals surface area contributed by atoms with Crippen LogP contribution in [0.1, 0.15) is 63.2 Å². The van der Waals surface area contributed by atoms with E-state index in [1.807, 2.05) is 26.0 Å². The number of carbonyl (C=O) groups is 2. The lowest BCUT2D eigenvalue weighted by Crippen LogP contribution is -2.30. The molecule has 1 fully saturated rings. The van der Waals surface area contributed by atoms with Crippen molar-refractivity contribution < 1.29 is 19.2 Å². The van der Waals surface area contributed by atoms with Crippen LogP contribution in [0.2, 0.25) is 0 Å². The van der Waals surface area contributed by atoms with Crippen LogP contribution >= 0.6 is 0 Å². The number of benzene rings is 2. The molecule has 2 aromatic carbocycles. The van der Waals surface area contributed by atoms with Gasteiger partial charge in [0.05, 0.1) is 23.1 Å². The van der Waals surface area contributed by atoms with Crippen molar-refractivity contribution in [2.24, 2.45) is 0 Å². The zero-order chi connectivity index (χ0) is 21.1. The molecule has 2 aromatic rings. The van der Waals surface area contributed by atoms with Gasteiger partial charge in [0.2, 0.25) is 0 Å². The lowest BCUT2D eigenvalue weighted by Gasteiger charge is -2.26. The fourth-order valence-electron chi connectivity index (χ4n) is 3.67. The van der Waals surface area contributed by atoms with E-state index in [0.717, 1.165) is 30.0 Å². The molecular formula is C22H24N2O5. The number of rotatable bonds is 5. The first-order valence-electron chi connectivity index (χ1n) is 9.66. The number of nitro benzene ring substituents is 1. The van der Waals surface area contributed by atoms with Gasteiger partial charge in [0, 0.05) is 24.2 Å². The first-order valence-corrected chi connectivity index (χ1v) is 9.66.